The highest BCUT2D eigenvalue weighted by molar-refractivity contribution is 5.89. The summed E-state index contributed by atoms with van der Waals surface area (Å²) in [6.07, 6.45) is 3.22. The average molecular weight is 424 g/mol. The number of hydrogen-bond donors (Lipinski definition) is 3. The van der Waals surface area contributed by atoms with Crippen molar-refractivity contribution in [2.75, 3.05) is 18.4 Å². The zero-order valence-corrected chi connectivity index (χ0v) is 16.6. The van der Waals surface area contributed by atoms with E-state index >= 15 is 0 Å². The number of carbonyl (C=O) groups is 2. The van der Waals surface area contributed by atoms with Crippen LogP contribution < -0.4 is 25.4 Å². The van der Waals surface area contributed by atoms with Crippen molar-refractivity contribution in [3.8, 4) is 11.5 Å². The quantitative estimate of drug-likeness (QED) is 0.691. The summed E-state index contributed by atoms with van der Waals surface area (Å²) in [5.41, 5.74) is 0.340. The van der Waals surface area contributed by atoms with Crippen molar-refractivity contribution in [2.45, 2.75) is 63.3 Å². The molecule has 1 saturated heterocycles. The molecule has 1 aliphatic carbocycles. The molecule has 0 unspecified atom stereocenters. The Kier molecular flexibility index (Phi) is 5.83. The van der Waals surface area contributed by atoms with Gasteiger partial charge in [0, 0.05) is 36.9 Å². The molecule has 3 N–H and O–H groups in total. The largest absolute Gasteiger partial charge is 0.586 e. The Morgan fingerprint density at radius 3 is 2.27 bits per heavy atom. The molecular weight excluding hydrogens is 398 g/mol. The summed E-state index contributed by atoms with van der Waals surface area (Å²) in [6, 6.07) is 3.92. The third-order valence-corrected chi connectivity index (χ3v) is 5.71. The molecule has 0 radical (unpaired) electrons. The van der Waals surface area contributed by atoms with Crippen LogP contribution in [0.4, 0.5) is 24.1 Å². The number of likely N-dealkylation sites (tertiary alicyclic amines) is 1. The van der Waals surface area contributed by atoms with Crippen LogP contribution in [0, 0.1) is 0 Å². The van der Waals surface area contributed by atoms with E-state index in [4.69, 9.17) is 0 Å². The molecule has 4 rings (SSSR count). The van der Waals surface area contributed by atoms with Crippen LogP contribution in [0.1, 0.15) is 44.9 Å². The summed E-state index contributed by atoms with van der Waals surface area (Å²) < 4.78 is 35.0. The molecule has 1 aromatic rings. The lowest BCUT2D eigenvalue weighted by atomic mass is 9.96. The first-order valence-electron chi connectivity index (χ1n) is 10.4. The van der Waals surface area contributed by atoms with E-state index in [0.29, 0.717) is 31.6 Å². The number of benzene rings is 1. The minimum Gasteiger partial charge on any atom is -0.395 e. The van der Waals surface area contributed by atoms with Crippen molar-refractivity contribution in [2.24, 2.45) is 0 Å². The zero-order chi connectivity index (χ0) is 21.1. The predicted molar refractivity (Wildman–Crippen MR) is 105 cm³/mol. The Hall–Kier alpha value is -2.78. The molecule has 164 valence electrons. The molecule has 1 saturated carbocycles. The number of anilines is 1. The van der Waals surface area contributed by atoms with Crippen LogP contribution in [0.3, 0.4) is 0 Å². The van der Waals surface area contributed by atoms with Gasteiger partial charge in [0.1, 0.15) is 0 Å². The van der Waals surface area contributed by atoms with Gasteiger partial charge in [-0.25, -0.2) is 9.59 Å². The smallest absolute Gasteiger partial charge is 0.395 e. The number of fused-ring (bicyclic) bond motifs is 1. The van der Waals surface area contributed by atoms with Crippen LogP contribution in [0.25, 0.3) is 0 Å². The lowest BCUT2D eigenvalue weighted by Crippen LogP contribution is -2.51. The number of halogens is 2. The van der Waals surface area contributed by atoms with Crippen molar-refractivity contribution in [3.63, 3.8) is 0 Å². The van der Waals surface area contributed by atoms with Gasteiger partial charge in [-0.15, -0.1) is 8.78 Å². The Labute approximate surface area is 173 Å². The number of urea groups is 2. The molecule has 3 aliphatic rings. The minimum absolute atomic E-state index is 0.0189. The fourth-order valence-electron chi connectivity index (χ4n) is 4.12. The maximum atomic E-state index is 13.1. The molecule has 2 heterocycles. The fourth-order valence-corrected chi connectivity index (χ4v) is 4.12. The average Bonchev–Trinajstić information content (AvgIpc) is 3.02. The topological polar surface area (TPSA) is 91.9 Å². The van der Waals surface area contributed by atoms with Crippen LogP contribution >= 0.6 is 0 Å². The highest BCUT2D eigenvalue weighted by atomic mass is 19.3. The van der Waals surface area contributed by atoms with Crippen molar-refractivity contribution < 1.29 is 27.8 Å². The monoisotopic (exact) mass is 424 g/mol. The first kappa shape index (κ1) is 20.5. The lowest BCUT2D eigenvalue weighted by Gasteiger charge is -2.33. The van der Waals surface area contributed by atoms with E-state index in [9.17, 15) is 18.4 Å². The number of nitrogens with one attached hydrogen (secondary N) is 3. The second kappa shape index (κ2) is 8.53. The molecule has 2 fully saturated rings. The second-order valence-electron chi connectivity index (χ2n) is 7.97. The SMILES string of the molecule is O=C(NC1CCCCC1)NC1CCN(C(=O)Nc2ccc3c(c2)OC(F)(F)O3)CC1. The molecule has 8 nitrogen and oxygen atoms in total. The molecule has 10 heteroatoms. The standard InChI is InChI=1S/C20H26F2N4O4/c21-20(22)29-16-7-6-15(12-17(16)30-20)25-19(28)26-10-8-14(9-11-26)24-18(27)23-13-4-2-1-3-5-13/h6-7,12-14H,1-5,8-11H2,(H,25,28)(H2,23,24,27). The summed E-state index contributed by atoms with van der Waals surface area (Å²) in [7, 11) is 0. The first-order chi connectivity index (χ1) is 14.4. The molecule has 2 aliphatic heterocycles. The molecule has 30 heavy (non-hydrogen) atoms. The number of alkyl halides is 2. The number of hydrogen-bond acceptors (Lipinski definition) is 4. The summed E-state index contributed by atoms with van der Waals surface area (Å²) in [6.45, 7) is 0.978. The molecule has 1 aromatic carbocycles. The van der Waals surface area contributed by atoms with E-state index in [0.717, 1.165) is 25.7 Å². The maximum Gasteiger partial charge on any atom is 0.586 e. The van der Waals surface area contributed by atoms with Gasteiger partial charge < -0.3 is 30.3 Å². The normalized spacial score (nSPS) is 21.2. The van der Waals surface area contributed by atoms with Gasteiger partial charge in [-0.2, -0.15) is 0 Å². The zero-order valence-electron chi connectivity index (χ0n) is 16.6. The lowest BCUT2D eigenvalue weighted by molar-refractivity contribution is -0.286. The fraction of sp³-hybridized carbons (Fsp3) is 0.600. The highest BCUT2D eigenvalue weighted by Crippen LogP contribution is 2.42. The third kappa shape index (κ3) is 5.03. The van der Waals surface area contributed by atoms with Gasteiger partial charge >= 0.3 is 18.4 Å². The van der Waals surface area contributed by atoms with E-state index in [1.54, 1.807) is 4.90 Å². The Morgan fingerprint density at radius 1 is 0.933 bits per heavy atom. The number of carbonyl (C=O) groups excluding carboxylic acids is 2. The number of amides is 4. The van der Waals surface area contributed by atoms with Crippen LogP contribution in [0.2, 0.25) is 0 Å². The number of ether oxygens (including phenoxy) is 2. The third-order valence-electron chi connectivity index (χ3n) is 5.71. The van der Waals surface area contributed by atoms with Crippen LogP contribution in [0.5, 0.6) is 11.5 Å². The summed E-state index contributed by atoms with van der Waals surface area (Å²) in [4.78, 5) is 26.3. The van der Waals surface area contributed by atoms with E-state index < -0.39 is 6.29 Å². The molecular formula is C20H26F2N4O4. The van der Waals surface area contributed by atoms with Gasteiger partial charge in [0.15, 0.2) is 11.5 Å². The summed E-state index contributed by atoms with van der Waals surface area (Å²) in [5, 5.41) is 8.73. The van der Waals surface area contributed by atoms with Crippen molar-refractivity contribution >= 4 is 17.7 Å². The van der Waals surface area contributed by atoms with Crippen molar-refractivity contribution in [3.05, 3.63) is 18.2 Å². The van der Waals surface area contributed by atoms with E-state index in [1.165, 1.54) is 24.6 Å². The second-order valence-corrected chi connectivity index (χ2v) is 7.97. The van der Waals surface area contributed by atoms with Gasteiger partial charge in [0.25, 0.3) is 0 Å². The molecule has 0 atom stereocenters. The Bertz CT molecular complexity index is 793. The molecule has 4 amide bonds. The predicted octanol–water partition coefficient (Wildman–Crippen LogP) is 3.64. The van der Waals surface area contributed by atoms with Gasteiger partial charge in [-0.1, -0.05) is 19.3 Å². The van der Waals surface area contributed by atoms with Gasteiger partial charge in [0.05, 0.1) is 0 Å². The summed E-state index contributed by atoms with van der Waals surface area (Å²) >= 11 is 0. The molecule has 0 aromatic heterocycles. The van der Waals surface area contributed by atoms with E-state index in [2.05, 4.69) is 25.4 Å². The van der Waals surface area contributed by atoms with Gasteiger partial charge in [-0.3, -0.25) is 0 Å². The number of piperidine rings is 1. The number of rotatable bonds is 3. The first-order valence-corrected chi connectivity index (χ1v) is 10.4. The van der Waals surface area contributed by atoms with Crippen molar-refractivity contribution in [1.29, 1.82) is 0 Å². The number of nitrogens with zero attached hydrogens (tertiary/aromatic N) is 1. The molecule has 0 spiro atoms. The van der Waals surface area contributed by atoms with Crippen LogP contribution in [0.15, 0.2) is 18.2 Å². The molecule has 0 bridgehead atoms. The van der Waals surface area contributed by atoms with Gasteiger partial charge in [0.2, 0.25) is 0 Å². The Morgan fingerprint density at radius 2 is 1.57 bits per heavy atom. The highest BCUT2D eigenvalue weighted by Gasteiger charge is 2.43. The van der Waals surface area contributed by atoms with Crippen LogP contribution in [-0.2, 0) is 0 Å². The summed E-state index contributed by atoms with van der Waals surface area (Å²) in [5.74, 6) is -0.193. The van der Waals surface area contributed by atoms with E-state index in [1.807, 2.05) is 0 Å². The van der Waals surface area contributed by atoms with Crippen LogP contribution in [-0.4, -0.2) is 48.4 Å². The Balaban J connectivity index is 1.21. The van der Waals surface area contributed by atoms with E-state index in [-0.39, 0.29) is 35.6 Å². The van der Waals surface area contributed by atoms with Crippen molar-refractivity contribution in [1.82, 2.24) is 15.5 Å². The maximum absolute atomic E-state index is 13.1. The minimum atomic E-state index is -3.69. The van der Waals surface area contributed by atoms with Gasteiger partial charge in [-0.05, 0) is 37.8 Å².